The highest BCUT2D eigenvalue weighted by Crippen LogP contribution is 2.25. The summed E-state index contributed by atoms with van der Waals surface area (Å²) in [6, 6.07) is 27.2. The normalized spacial score (nSPS) is 13.0. The van der Waals surface area contributed by atoms with Crippen molar-refractivity contribution in [2.75, 3.05) is 0 Å². The zero-order valence-corrected chi connectivity index (χ0v) is 15.6. The van der Waals surface area contributed by atoms with E-state index < -0.39 is 22.3 Å². The Morgan fingerprint density at radius 3 is 2.04 bits per heavy atom. The fourth-order valence-electron chi connectivity index (χ4n) is 2.96. The third kappa shape index (κ3) is 5.20. The lowest BCUT2D eigenvalue weighted by Crippen LogP contribution is -2.31. The van der Waals surface area contributed by atoms with E-state index in [-0.39, 0.29) is 6.42 Å². The van der Waals surface area contributed by atoms with Crippen LogP contribution in [0.15, 0.2) is 89.8 Å². The molecule has 0 aliphatic carbocycles. The molecule has 27 heavy (non-hydrogen) atoms. The van der Waals surface area contributed by atoms with Gasteiger partial charge in [0.1, 0.15) is 5.25 Å². The summed E-state index contributed by atoms with van der Waals surface area (Å²) in [4.78, 5) is 12.4. The molecule has 0 aliphatic rings. The summed E-state index contributed by atoms with van der Waals surface area (Å²) in [6.45, 7) is 0. The van der Waals surface area contributed by atoms with E-state index in [1.54, 1.807) is 5.48 Å². The van der Waals surface area contributed by atoms with Crippen molar-refractivity contribution in [1.29, 1.82) is 0 Å². The molecule has 2 N–H and O–H groups in total. The maximum absolute atomic E-state index is 13.1. The lowest BCUT2D eigenvalue weighted by molar-refractivity contribution is -0.129. The Morgan fingerprint density at radius 1 is 0.889 bits per heavy atom. The van der Waals surface area contributed by atoms with E-state index in [4.69, 9.17) is 5.21 Å². The molecule has 2 atom stereocenters. The Labute approximate surface area is 162 Å². The highest BCUT2D eigenvalue weighted by molar-refractivity contribution is 7.92. The lowest BCUT2D eigenvalue weighted by atomic mass is 10.1. The van der Waals surface area contributed by atoms with Crippen LogP contribution in [0, 0.1) is 0 Å². The summed E-state index contributed by atoms with van der Waals surface area (Å²) < 4.78 is 13.1. The molecule has 3 rings (SSSR count). The van der Waals surface area contributed by atoms with Crippen molar-refractivity contribution >= 4 is 17.1 Å². The fourth-order valence-corrected chi connectivity index (χ4v) is 4.39. The minimum atomic E-state index is -1.38. The van der Waals surface area contributed by atoms with Crippen LogP contribution in [-0.2, 0) is 22.4 Å². The first-order chi connectivity index (χ1) is 13.2. The van der Waals surface area contributed by atoms with Crippen LogP contribution < -0.4 is 5.48 Å². The molecule has 0 bridgehead atoms. The number of hydrogen-bond acceptors (Lipinski definition) is 3. The molecular weight excluding hydrogens is 358 g/mol. The van der Waals surface area contributed by atoms with Crippen LogP contribution in [0.5, 0.6) is 0 Å². The van der Waals surface area contributed by atoms with Gasteiger partial charge in [0.2, 0.25) is 5.91 Å². The average Bonchev–Trinajstić information content (AvgIpc) is 2.74. The molecular formula is C22H21NO3S. The first-order valence-corrected chi connectivity index (χ1v) is 9.91. The Morgan fingerprint density at radius 2 is 1.44 bits per heavy atom. The molecule has 0 radical (unpaired) electrons. The molecule has 1 amide bonds. The SMILES string of the molecule is O=C(CC(Cc1ccccc1)[S+]([O-])c1ccc(-c2ccccc2)cc1)NO. The van der Waals surface area contributed by atoms with Crippen molar-refractivity contribution in [3.8, 4) is 11.1 Å². The van der Waals surface area contributed by atoms with E-state index in [2.05, 4.69) is 0 Å². The van der Waals surface area contributed by atoms with Gasteiger partial charge in [-0.05, 0) is 52.1 Å². The van der Waals surface area contributed by atoms with Gasteiger partial charge in [-0.3, -0.25) is 10.0 Å². The molecule has 5 heteroatoms. The number of hydrogen-bond donors (Lipinski definition) is 2. The molecule has 2 unspecified atom stereocenters. The summed E-state index contributed by atoms with van der Waals surface area (Å²) in [5, 5.41) is 8.44. The first kappa shape index (κ1) is 19.2. The lowest BCUT2D eigenvalue weighted by Gasteiger charge is -2.21. The molecule has 0 aliphatic heterocycles. The Bertz CT molecular complexity index is 854. The van der Waals surface area contributed by atoms with Gasteiger partial charge in [0, 0.05) is 6.42 Å². The number of nitrogens with one attached hydrogen (secondary N) is 1. The van der Waals surface area contributed by atoms with Crippen molar-refractivity contribution in [1.82, 2.24) is 5.48 Å². The largest absolute Gasteiger partial charge is 0.611 e. The second-order valence-electron chi connectivity index (χ2n) is 6.24. The maximum atomic E-state index is 13.1. The number of carbonyl (C=O) groups excluding carboxylic acids is 1. The van der Waals surface area contributed by atoms with Gasteiger partial charge < -0.3 is 4.55 Å². The number of benzene rings is 3. The van der Waals surface area contributed by atoms with Crippen molar-refractivity contribution < 1.29 is 14.6 Å². The van der Waals surface area contributed by atoms with E-state index in [1.807, 2.05) is 84.9 Å². The van der Waals surface area contributed by atoms with Crippen LogP contribution in [0.1, 0.15) is 12.0 Å². The highest BCUT2D eigenvalue weighted by Gasteiger charge is 2.28. The quantitative estimate of drug-likeness (QED) is 0.371. The van der Waals surface area contributed by atoms with Crippen LogP contribution in [0.2, 0.25) is 0 Å². The number of carbonyl (C=O) groups is 1. The maximum Gasteiger partial charge on any atom is 0.248 e. The minimum Gasteiger partial charge on any atom is -0.611 e. The van der Waals surface area contributed by atoms with Gasteiger partial charge in [0.05, 0.1) is 6.42 Å². The van der Waals surface area contributed by atoms with Gasteiger partial charge in [-0.1, -0.05) is 60.7 Å². The summed E-state index contributed by atoms with van der Waals surface area (Å²) in [6.07, 6.45) is 0.472. The zero-order chi connectivity index (χ0) is 19.1. The van der Waals surface area contributed by atoms with Crippen molar-refractivity contribution in [3.63, 3.8) is 0 Å². The molecule has 0 saturated heterocycles. The number of amides is 1. The van der Waals surface area contributed by atoms with Gasteiger partial charge in [0.15, 0.2) is 4.90 Å². The van der Waals surface area contributed by atoms with Crippen molar-refractivity contribution in [2.45, 2.75) is 23.0 Å². The number of hydroxylamine groups is 1. The van der Waals surface area contributed by atoms with Crippen molar-refractivity contribution in [3.05, 3.63) is 90.5 Å². The average molecular weight is 379 g/mol. The number of rotatable bonds is 7. The second kappa shape index (κ2) is 9.37. The van der Waals surface area contributed by atoms with E-state index in [9.17, 15) is 9.35 Å². The summed E-state index contributed by atoms with van der Waals surface area (Å²) in [5.74, 6) is -0.537. The van der Waals surface area contributed by atoms with Crippen LogP contribution in [0.25, 0.3) is 11.1 Å². The Balaban J connectivity index is 1.80. The molecule has 0 heterocycles. The Hall–Kier alpha value is -2.60. The monoisotopic (exact) mass is 379 g/mol. The fraction of sp³-hybridized carbons (Fsp3) is 0.136. The third-order valence-electron chi connectivity index (χ3n) is 4.34. The topological polar surface area (TPSA) is 72.4 Å². The van der Waals surface area contributed by atoms with E-state index >= 15 is 0 Å². The van der Waals surface area contributed by atoms with Crippen molar-refractivity contribution in [2.24, 2.45) is 0 Å². The minimum absolute atomic E-state index is 0.0154. The van der Waals surface area contributed by atoms with E-state index in [1.165, 1.54) is 0 Å². The molecule has 3 aromatic carbocycles. The highest BCUT2D eigenvalue weighted by atomic mass is 32.2. The zero-order valence-electron chi connectivity index (χ0n) is 14.7. The molecule has 0 saturated carbocycles. The predicted octanol–water partition coefficient (Wildman–Crippen LogP) is 3.97. The van der Waals surface area contributed by atoms with Crippen LogP contribution in [0.4, 0.5) is 0 Å². The third-order valence-corrected chi connectivity index (χ3v) is 6.02. The Kier molecular flexibility index (Phi) is 6.65. The molecule has 4 nitrogen and oxygen atoms in total. The summed E-state index contributed by atoms with van der Waals surface area (Å²) >= 11 is -1.38. The van der Waals surface area contributed by atoms with Gasteiger partial charge in [-0.25, -0.2) is 5.48 Å². The first-order valence-electron chi connectivity index (χ1n) is 8.70. The van der Waals surface area contributed by atoms with Crippen LogP contribution >= 0.6 is 0 Å². The predicted molar refractivity (Wildman–Crippen MR) is 107 cm³/mol. The van der Waals surface area contributed by atoms with Gasteiger partial charge in [0.25, 0.3) is 0 Å². The molecule has 138 valence electrons. The molecule has 0 fully saturated rings. The van der Waals surface area contributed by atoms with Crippen LogP contribution in [-0.4, -0.2) is 20.9 Å². The summed E-state index contributed by atoms with van der Waals surface area (Å²) in [7, 11) is 0. The molecule has 0 spiro atoms. The smallest absolute Gasteiger partial charge is 0.248 e. The van der Waals surface area contributed by atoms with E-state index in [0.29, 0.717) is 11.3 Å². The van der Waals surface area contributed by atoms with Gasteiger partial charge >= 0.3 is 0 Å². The van der Waals surface area contributed by atoms with Gasteiger partial charge in [-0.15, -0.1) is 0 Å². The standard InChI is InChI=1S/C22H21NO3S/c24-22(23-25)16-21(15-17-7-3-1-4-8-17)27(26)20-13-11-19(12-14-20)18-9-5-2-6-10-18/h1-14,21,25H,15-16H2,(H,23,24). The van der Waals surface area contributed by atoms with E-state index in [0.717, 1.165) is 16.7 Å². The van der Waals surface area contributed by atoms with Crippen LogP contribution in [0.3, 0.4) is 0 Å². The summed E-state index contributed by atoms with van der Waals surface area (Å²) in [5.41, 5.74) is 4.79. The molecule has 3 aromatic rings. The second-order valence-corrected chi connectivity index (χ2v) is 7.97. The molecule has 0 aromatic heterocycles. The van der Waals surface area contributed by atoms with Gasteiger partial charge in [-0.2, -0.15) is 0 Å².